The van der Waals surface area contributed by atoms with E-state index in [9.17, 15) is 4.79 Å². The molecule has 3 aromatic rings. The highest BCUT2D eigenvalue weighted by Gasteiger charge is 2.23. The second-order valence-corrected chi connectivity index (χ2v) is 4.78. The number of halogens is 1. The number of aromatic nitrogens is 1. The number of nitrogens with zero attached hydrogens (tertiary/aromatic N) is 1. The number of carbonyl (C=O) groups is 1. The minimum atomic E-state index is -0.353. The number of para-hydroxylation sites is 1. The Balaban J connectivity index is 1.96. The number of benzene rings is 1. The van der Waals surface area contributed by atoms with Crippen molar-refractivity contribution in [1.82, 2.24) is 5.16 Å². The molecule has 1 amide bonds. The Hall–Kier alpha value is -2.53. The predicted molar refractivity (Wildman–Crippen MR) is 78.3 cm³/mol. The van der Waals surface area contributed by atoms with Gasteiger partial charge in [-0.25, -0.2) is 0 Å². The predicted octanol–water partition coefficient (Wildman–Crippen LogP) is 4.15. The van der Waals surface area contributed by atoms with Crippen LogP contribution in [0.5, 0.6) is 0 Å². The zero-order valence-corrected chi connectivity index (χ0v) is 11.8. The van der Waals surface area contributed by atoms with Gasteiger partial charge >= 0.3 is 0 Å². The van der Waals surface area contributed by atoms with Gasteiger partial charge in [0.1, 0.15) is 11.3 Å². The van der Waals surface area contributed by atoms with Crippen molar-refractivity contribution in [1.29, 1.82) is 0 Å². The number of furan rings is 1. The molecule has 0 bridgehead atoms. The average Bonchev–Trinajstić information content (AvgIpc) is 3.10. The number of nitrogens with one attached hydrogen (secondary N) is 1. The topological polar surface area (TPSA) is 68.3 Å². The Morgan fingerprint density at radius 1 is 1.24 bits per heavy atom. The number of amides is 1. The highest BCUT2D eigenvalue weighted by atomic mass is 35.5. The maximum Gasteiger partial charge on any atom is 0.261 e. The third-order valence-corrected chi connectivity index (χ3v) is 3.30. The Labute approximate surface area is 125 Å². The fourth-order valence-corrected chi connectivity index (χ4v) is 2.15. The van der Waals surface area contributed by atoms with Crippen molar-refractivity contribution >= 4 is 23.2 Å². The fourth-order valence-electron chi connectivity index (χ4n) is 1.97. The molecule has 1 aromatic carbocycles. The summed E-state index contributed by atoms with van der Waals surface area (Å²) in [4.78, 5) is 12.5. The van der Waals surface area contributed by atoms with Crippen molar-refractivity contribution in [2.75, 3.05) is 5.32 Å². The molecule has 6 heteroatoms. The van der Waals surface area contributed by atoms with Crippen LogP contribution in [0.4, 0.5) is 5.69 Å². The Bertz CT molecular complexity index is 778. The number of aryl methyl sites for hydroxylation is 1. The molecule has 0 saturated carbocycles. The molecule has 21 heavy (non-hydrogen) atoms. The molecule has 106 valence electrons. The summed E-state index contributed by atoms with van der Waals surface area (Å²) < 4.78 is 10.4. The van der Waals surface area contributed by atoms with Gasteiger partial charge in [0.2, 0.25) is 0 Å². The minimum absolute atomic E-state index is 0.324. The highest BCUT2D eigenvalue weighted by molar-refractivity contribution is 6.34. The second-order valence-electron chi connectivity index (χ2n) is 4.37. The van der Waals surface area contributed by atoms with E-state index < -0.39 is 0 Å². The van der Waals surface area contributed by atoms with E-state index in [1.54, 1.807) is 43.3 Å². The van der Waals surface area contributed by atoms with Crippen LogP contribution in [0.25, 0.3) is 11.5 Å². The molecule has 0 aliphatic rings. The average molecular weight is 303 g/mol. The van der Waals surface area contributed by atoms with E-state index in [4.69, 9.17) is 20.5 Å². The summed E-state index contributed by atoms with van der Waals surface area (Å²) in [6.45, 7) is 1.67. The van der Waals surface area contributed by atoms with Crippen molar-refractivity contribution in [3.05, 3.63) is 59.0 Å². The molecule has 0 unspecified atom stereocenters. The summed E-state index contributed by atoms with van der Waals surface area (Å²) in [5, 5.41) is 7.08. The first-order valence-corrected chi connectivity index (χ1v) is 6.60. The van der Waals surface area contributed by atoms with E-state index >= 15 is 0 Å². The van der Waals surface area contributed by atoms with Crippen LogP contribution in [-0.2, 0) is 0 Å². The van der Waals surface area contributed by atoms with Crippen molar-refractivity contribution in [2.24, 2.45) is 0 Å². The SMILES string of the molecule is Cc1onc(-c2ccco2)c1C(=O)Nc1ccccc1Cl. The van der Waals surface area contributed by atoms with Crippen molar-refractivity contribution < 1.29 is 13.7 Å². The van der Waals surface area contributed by atoms with Gasteiger partial charge in [-0.15, -0.1) is 0 Å². The lowest BCUT2D eigenvalue weighted by molar-refractivity contribution is 0.102. The van der Waals surface area contributed by atoms with Crippen LogP contribution >= 0.6 is 11.6 Å². The molecule has 1 N–H and O–H groups in total. The quantitative estimate of drug-likeness (QED) is 0.789. The molecule has 0 saturated heterocycles. The Kier molecular flexibility index (Phi) is 3.50. The molecule has 0 aliphatic carbocycles. The minimum Gasteiger partial charge on any atom is -0.463 e. The highest BCUT2D eigenvalue weighted by Crippen LogP contribution is 2.27. The van der Waals surface area contributed by atoms with Crippen LogP contribution in [0.3, 0.4) is 0 Å². The first kappa shape index (κ1) is 13.5. The summed E-state index contributed by atoms with van der Waals surface area (Å²) >= 11 is 6.04. The number of anilines is 1. The van der Waals surface area contributed by atoms with Crippen molar-refractivity contribution in [2.45, 2.75) is 6.92 Å². The van der Waals surface area contributed by atoms with E-state index in [1.165, 1.54) is 6.26 Å². The zero-order chi connectivity index (χ0) is 14.8. The summed E-state index contributed by atoms with van der Waals surface area (Å²) in [6.07, 6.45) is 1.51. The van der Waals surface area contributed by atoms with E-state index in [1.807, 2.05) is 0 Å². The monoisotopic (exact) mass is 302 g/mol. The van der Waals surface area contributed by atoms with Gasteiger partial charge in [-0.1, -0.05) is 28.9 Å². The third kappa shape index (κ3) is 2.55. The van der Waals surface area contributed by atoms with Gasteiger partial charge in [-0.05, 0) is 31.2 Å². The smallest absolute Gasteiger partial charge is 0.261 e. The fraction of sp³-hybridized carbons (Fsp3) is 0.0667. The van der Waals surface area contributed by atoms with Gasteiger partial charge in [0, 0.05) is 0 Å². The Morgan fingerprint density at radius 2 is 2.05 bits per heavy atom. The first-order chi connectivity index (χ1) is 10.2. The Morgan fingerprint density at radius 3 is 2.76 bits per heavy atom. The van der Waals surface area contributed by atoms with Crippen LogP contribution in [-0.4, -0.2) is 11.1 Å². The van der Waals surface area contributed by atoms with Crippen molar-refractivity contribution in [3.8, 4) is 11.5 Å². The van der Waals surface area contributed by atoms with Crippen LogP contribution in [0, 0.1) is 6.92 Å². The summed E-state index contributed by atoms with van der Waals surface area (Å²) in [5.41, 5.74) is 1.21. The van der Waals surface area contributed by atoms with Gasteiger partial charge in [0.05, 0.1) is 17.0 Å². The molecule has 0 aliphatic heterocycles. The van der Waals surface area contributed by atoms with E-state index in [0.717, 1.165) is 0 Å². The lowest BCUT2D eigenvalue weighted by atomic mass is 10.1. The number of hydrogen-bond donors (Lipinski definition) is 1. The van der Waals surface area contributed by atoms with Gasteiger partial charge < -0.3 is 14.3 Å². The molecule has 0 spiro atoms. The molecule has 2 heterocycles. The molecular weight excluding hydrogens is 292 g/mol. The maximum atomic E-state index is 12.5. The van der Waals surface area contributed by atoms with Crippen LogP contribution in [0.15, 0.2) is 51.6 Å². The standard InChI is InChI=1S/C15H11ClN2O3/c1-9-13(14(18-21-9)12-7-4-8-20-12)15(19)17-11-6-3-2-5-10(11)16/h2-8H,1H3,(H,17,19). The third-order valence-electron chi connectivity index (χ3n) is 2.97. The number of carbonyl (C=O) groups excluding carboxylic acids is 1. The molecule has 3 rings (SSSR count). The lowest BCUT2D eigenvalue weighted by Gasteiger charge is -2.06. The molecule has 0 fully saturated rings. The van der Waals surface area contributed by atoms with Crippen LogP contribution < -0.4 is 5.32 Å². The van der Waals surface area contributed by atoms with E-state index in [0.29, 0.717) is 33.5 Å². The molecule has 0 radical (unpaired) electrons. The van der Waals surface area contributed by atoms with Crippen LogP contribution in [0.1, 0.15) is 16.1 Å². The summed E-state index contributed by atoms with van der Waals surface area (Å²) in [5.74, 6) is 0.523. The zero-order valence-electron chi connectivity index (χ0n) is 11.1. The number of hydrogen-bond acceptors (Lipinski definition) is 4. The van der Waals surface area contributed by atoms with Crippen LogP contribution in [0.2, 0.25) is 5.02 Å². The van der Waals surface area contributed by atoms with E-state index in [2.05, 4.69) is 10.5 Å². The maximum absolute atomic E-state index is 12.5. The second kappa shape index (κ2) is 5.46. The van der Waals surface area contributed by atoms with Gasteiger partial charge in [0.15, 0.2) is 11.5 Å². The van der Waals surface area contributed by atoms with Gasteiger partial charge in [-0.3, -0.25) is 4.79 Å². The van der Waals surface area contributed by atoms with Crippen molar-refractivity contribution in [3.63, 3.8) is 0 Å². The van der Waals surface area contributed by atoms with E-state index in [-0.39, 0.29) is 5.91 Å². The molecule has 0 atom stereocenters. The molecular formula is C15H11ClN2O3. The first-order valence-electron chi connectivity index (χ1n) is 6.23. The largest absolute Gasteiger partial charge is 0.463 e. The normalized spacial score (nSPS) is 10.6. The number of rotatable bonds is 3. The van der Waals surface area contributed by atoms with Gasteiger partial charge in [0.25, 0.3) is 5.91 Å². The van der Waals surface area contributed by atoms with Gasteiger partial charge in [-0.2, -0.15) is 0 Å². The molecule has 2 aromatic heterocycles. The molecule has 5 nitrogen and oxygen atoms in total. The summed E-state index contributed by atoms with van der Waals surface area (Å²) in [7, 11) is 0. The lowest BCUT2D eigenvalue weighted by Crippen LogP contribution is -2.13. The summed E-state index contributed by atoms with van der Waals surface area (Å²) in [6, 6.07) is 10.4.